The van der Waals surface area contributed by atoms with Crippen molar-refractivity contribution in [3.05, 3.63) is 95.6 Å². The molecule has 1 unspecified atom stereocenters. The van der Waals surface area contributed by atoms with Crippen LogP contribution in [-0.2, 0) is 22.7 Å². The molecule has 1 atom stereocenters. The SMILES string of the molecule is CCCC(=O)N(Cc1ccccc1)C(C(=O)NCc1ccc2c(c1)OCO2)c1ccccc1. The molecule has 6 nitrogen and oxygen atoms in total. The van der Waals surface area contributed by atoms with E-state index in [1.165, 1.54) is 0 Å². The van der Waals surface area contributed by atoms with Gasteiger partial charge in [-0.1, -0.05) is 73.7 Å². The number of carbonyl (C=O) groups excluding carboxylic acids is 2. The molecule has 4 rings (SSSR count). The number of hydrogen-bond donors (Lipinski definition) is 1. The second-order valence-corrected chi connectivity index (χ2v) is 7.98. The average molecular weight is 445 g/mol. The predicted molar refractivity (Wildman–Crippen MR) is 125 cm³/mol. The van der Waals surface area contributed by atoms with Gasteiger partial charge in [0.2, 0.25) is 18.6 Å². The van der Waals surface area contributed by atoms with Gasteiger partial charge in [0.1, 0.15) is 6.04 Å². The van der Waals surface area contributed by atoms with Crippen LogP contribution >= 0.6 is 0 Å². The Bertz CT molecular complexity index is 1090. The van der Waals surface area contributed by atoms with Crippen LogP contribution in [0, 0.1) is 0 Å². The molecule has 0 bridgehead atoms. The van der Waals surface area contributed by atoms with Gasteiger partial charge >= 0.3 is 0 Å². The van der Waals surface area contributed by atoms with Gasteiger partial charge in [-0.15, -0.1) is 0 Å². The van der Waals surface area contributed by atoms with Crippen LogP contribution in [0.2, 0.25) is 0 Å². The van der Waals surface area contributed by atoms with E-state index in [0.29, 0.717) is 37.4 Å². The van der Waals surface area contributed by atoms with Crippen molar-refractivity contribution in [2.45, 2.75) is 38.9 Å². The van der Waals surface area contributed by atoms with Crippen LogP contribution in [-0.4, -0.2) is 23.5 Å². The minimum Gasteiger partial charge on any atom is -0.454 e. The topological polar surface area (TPSA) is 67.9 Å². The van der Waals surface area contributed by atoms with Crippen molar-refractivity contribution < 1.29 is 19.1 Å². The monoisotopic (exact) mass is 444 g/mol. The van der Waals surface area contributed by atoms with Crippen molar-refractivity contribution in [3.63, 3.8) is 0 Å². The molecule has 3 aromatic rings. The van der Waals surface area contributed by atoms with E-state index in [-0.39, 0.29) is 18.6 Å². The largest absolute Gasteiger partial charge is 0.454 e. The Morgan fingerprint density at radius 2 is 1.61 bits per heavy atom. The van der Waals surface area contributed by atoms with Crippen LogP contribution < -0.4 is 14.8 Å². The van der Waals surface area contributed by atoms with Crippen LogP contribution in [0.3, 0.4) is 0 Å². The summed E-state index contributed by atoms with van der Waals surface area (Å²) in [5, 5.41) is 3.02. The summed E-state index contributed by atoms with van der Waals surface area (Å²) in [5.41, 5.74) is 2.65. The lowest BCUT2D eigenvalue weighted by atomic mass is 10.0. The molecule has 6 heteroatoms. The first-order valence-corrected chi connectivity index (χ1v) is 11.2. The summed E-state index contributed by atoms with van der Waals surface area (Å²) in [6.45, 7) is 2.85. The van der Waals surface area contributed by atoms with E-state index < -0.39 is 6.04 Å². The Hall–Kier alpha value is -3.80. The maximum Gasteiger partial charge on any atom is 0.247 e. The van der Waals surface area contributed by atoms with Crippen LogP contribution in [0.4, 0.5) is 0 Å². The number of amides is 2. The van der Waals surface area contributed by atoms with Gasteiger partial charge in [-0.25, -0.2) is 0 Å². The van der Waals surface area contributed by atoms with Crippen LogP contribution in [0.1, 0.15) is 42.5 Å². The Kier molecular flexibility index (Phi) is 7.25. The number of ether oxygens (including phenoxy) is 2. The third-order valence-corrected chi connectivity index (χ3v) is 5.56. The molecule has 0 saturated carbocycles. The normalized spacial score (nSPS) is 12.8. The van der Waals surface area contributed by atoms with Crippen molar-refractivity contribution in [1.82, 2.24) is 10.2 Å². The van der Waals surface area contributed by atoms with Gasteiger partial charge in [0, 0.05) is 19.5 Å². The fourth-order valence-electron chi connectivity index (χ4n) is 3.91. The molecular weight excluding hydrogens is 416 g/mol. The fourth-order valence-corrected chi connectivity index (χ4v) is 3.91. The number of nitrogens with one attached hydrogen (secondary N) is 1. The van der Waals surface area contributed by atoms with Crippen molar-refractivity contribution >= 4 is 11.8 Å². The smallest absolute Gasteiger partial charge is 0.247 e. The van der Waals surface area contributed by atoms with Gasteiger partial charge in [0.05, 0.1) is 0 Å². The zero-order valence-electron chi connectivity index (χ0n) is 18.7. The Morgan fingerprint density at radius 1 is 0.909 bits per heavy atom. The second kappa shape index (κ2) is 10.7. The van der Waals surface area contributed by atoms with Crippen LogP contribution in [0.15, 0.2) is 78.9 Å². The Labute approximate surface area is 194 Å². The zero-order valence-corrected chi connectivity index (χ0v) is 18.7. The summed E-state index contributed by atoms with van der Waals surface area (Å²) in [4.78, 5) is 28.4. The fraction of sp³-hybridized carbons (Fsp3) is 0.259. The summed E-state index contributed by atoms with van der Waals surface area (Å²) in [6.07, 6.45) is 1.09. The highest BCUT2D eigenvalue weighted by Gasteiger charge is 2.31. The third kappa shape index (κ3) is 5.52. The Balaban J connectivity index is 1.59. The summed E-state index contributed by atoms with van der Waals surface area (Å²) in [7, 11) is 0. The van der Waals surface area contributed by atoms with Gasteiger partial charge in [0.25, 0.3) is 0 Å². The molecule has 0 spiro atoms. The van der Waals surface area contributed by atoms with Crippen molar-refractivity contribution in [2.75, 3.05) is 6.79 Å². The molecule has 33 heavy (non-hydrogen) atoms. The number of hydrogen-bond acceptors (Lipinski definition) is 4. The molecule has 0 fully saturated rings. The van der Waals surface area contributed by atoms with Crippen molar-refractivity contribution in [1.29, 1.82) is 0 Å². The van der Waals surface area contributed by atoms with Crippen LogP contribution in [0.25, 0.3) is 0 Å². The lowest BCUT2D eigenvalue weighted by Crippen LogP contribution is -2.43. The lowest BCUT2D eigenvalue weighted by molar-refractivity contribution is -0.141. The van der Waals surface area contributed by atoms with Gasteiger partial charge in [-0.3, -0.25) is 9.59 Å². The molecule has 1 N–H and O–H groups in total. The second-order valence-electron chi connectivity index (χ2n) is 7.98. The molecule has 170 valence electrons. The summed E-state index contributed by atoms with van der Waals surface area (Å²) in [6, 6.07) is 24.1. The minimum absolute atomic E-state index is 0.0477. The molecule has 0 aliphatic carbocycles. The third-order valence-electron chi connectivity index (χ3n) is 5.56. The van der Waals surface area contributed by atoms with Gasteiger partial charge in [-0.2, -0.15) is 0 Å². The quantitative estimate of drug-likeness (QED) is 0.524. The molecule has 0 aromatic heterocycles. The summed E-state index contributed by atoms with van der Waals surface area (Å²) < 4.78 is 10.8. The highest BCUT2D eigenvalue weighted by atomic mass is 16.7. The standard InChI is InChI=1S/C27H28N2O4/c1-2-9-25(30)29(18-20-10-5-3-6-11-20)26(22-12-7-4-8-13-22)27(31)28-17-21-14-15-23-24(16-21)33-19-32-23/h3-8,10-16,26H,2,9,17-19H2,1H3,(H,28,31). The van der Waals surface area contributed by atoms with Gasteiger partial charge in [0.15, 0.2) is 11.5 Å². The first-order valence-electron chi connectivity index (χ1n) is 11.2. The molecule has 0 radical (unpaired) electrons. The Morgan fingerprint density at radius 3 is 2.33 bits per heavy atom. The predicted octanol–water partition coefficient (Wildman–Crippen LogP) is 4.60. The number of fused-ring (bicyclic) bond motifs is 1. The van der Waals surface area contributed by atoms with Gasteiger partial charge in [-0.05, 0) is 35.2 Å². The average Bonchev–Trinajstić information content (AvgIpc) is 3.32. The molecule has 1 aliphatic rings. The van der Waals surface area contributed by atoms with E-state index in [0.717, 1.165) is 16.7 Å². The first kappa shape index (κ1) is 22.4. The first-order chi connectivity index (χ1) is 16.2. The number of nitrogens with zero attached hydrogens (tertiary/aromatic N) is 1. The molecule has 3 aromatic carbocycles. The van der Waals surface area contributed by atoms with Gasteiger partial charge < -0.3 is 19.7 Å². The summed E-state index contributed by atoms with van der Waals surface area (Å²) >= 11 is 0. The zero-order chi connectivity index (χ0) is 23.0. The molecule has 1 aliphatic heterocycles. The van der Waals surface area contributed by atoms with E-state index in [4.69, 9.17) is 9.47 Å². The molecular formula is C27H28N2O4. The number of rotatable bonds is 9. The van der Waals surface area contributed by atoms with E-state index >= 15 is 0 Å². The molecule has 1 heterocycles. The number of benzene rings is 3. The lowest BCUT2D eigenvalue weighted by Gasteiger charge is -2.31. The molecule has 2 amide bonds. The maximum atomic E-state index is 13.5. The number of carbonyl (C=O) groups is 2. The van der Waals surface area contributed by atoms with Crippen molar-refractivity contribution in [2.24, 2.45) is 0 Å². The minimum atomic E-state index is -0.737. The van der Waals surface area contributed by atoms with E-state index in [1.54, 1.807) is 4.90 Å². The van der Waals surface area contributed by atoms with E-state index in [2.05, 4.69) is 5.32 Å². The maximum absolute atomic E-state index is 13.5. The molecule has 0 saturated heterocycles. The van der Waals surface area contributed by atoms with E-state index in [1.807, 2.05) is 85.8 Å². The van der Waals surface area contributed by atoms with E-state index in [9.17, 15) is 9.59 Å². The highest BCUT2D eigenvalue weighted by molar-refractivity contribution is 5.88. The highest BCUT2D eigenvalue weighted by Crippen LogP contribution is 2.32. The van der Waals surface area contributed by atoms with Crippen molar-refractivity contribution in [3.8, 4) is 11.5 Å². The summed E-state index contributed by atoms with van der Waals surface area (Å²) in [5.74, 6) is 1.10. The van der Waals surface area contributed by atoms with Crippen LogP contribution in [0.5, 0.6) is 11.5 Å².